The fraction of sp³-hybridized carbons (Fsp3) is 0.588. The molecule has 1 aliphatic heterocycles. The Labute approximate surface area is 127 Å². The van der Waals surface area contributed by atoms with Gasteiger partial charge in [0.2, 0.25) is 0 Å². The lowest BCUT2D eigenvalue weighted by Gasteiger charge is -2.28. The van der Waals surface area contributed by atoms with Crippen LogP contribution in [-0.4, -0.2) is 44.1 Å². The van der Waals surface area contributed by atoms with Crippen LogP contribution in [0.2, 0.25) is 0 Å². The van der Waals surface area contributed by atoms with E-state index in [0.717, 1.165) is 24.6 Å². The molecular formula is C17H26N2O2. The van der Waals surface area contributed by atoms with Crippen LogP contribution in [-0.2, 0) is 4.79 Å². The predicted octanol–water partition coefficient (Wildman–Crippen LogP) is 2.22. The summed E-state index contributed by atoms with van der Waals surface area (Å²) < 4.78 is 5.46. The first-order chi connectivity index (χ1) is 10.1. The van der Waals surface area contributed by atoms with E-state index in [9.17, 15) is 4.79 Å². The molecule has 1 aromatic rings. The van der Waals surface area contributed by atoms with Crippen molar-refractivity contribution < 1.29 is 9.53 Å². The minimum Gasteiger partial charge on any atom is -0.484 e. The molecule has 0 bridgehead atoms. The van der Waals surface area contributed by atoms with Crippen LogP contribution in [0.15, 0.2) is 24.3 Å². The Balaban J connectivity index is 1.58. The summed E-state index contributed by atoms with van der Waals surface area (Å²) in [5.41, 5.74) is 1.19. The van der Waals surface area contributed by atoms with E-state index in [4.69, 9.17) is 4.74 Å². The van der Waals surface area contributed by atoms with Crippen molar-refractivity contribution in [2.45, 2.75) is 26.2 Å². The number of benzene rings is 1. The molecule has 0 saturated carbocycles. The standard InChI is InChI=1S/C17H26N2O2/c1-14-3-5-16(6-4-14)21-13-17(20)18-10-7-15-8-11-19(2)12-9-15/h3-6,15H,7-13H2,1-2H3,(H,18,20). The second-order valence-corrected chi connectivity index (χ2v) is 5.99. The van der Waals surface area contributed by atoms with E-state index in [2.05, 4.69) is 17.3 Å². The highest BCUT2D eigenvalue weighted by atomic mass is 16.5. The number of amides is 1. The average molecular weight is 290 g/mol. The lowest BCUT2D eigenvalue weighted by molar-refractivity contribution is -0.123. The SMILES string of the molecule is Cc1ccc(OCC(=O)NCCC2CCN(C)CC2)cc1. The molecule has 0 atom stereocenters. The summed E-state index contributed by atoms with van der Waals surface area (Å²) in [6.07, 6.45) is 3.56. The highest BCUT2D eigenvalue weighted by molar-refractivity contribution is 5.77. The van der Waals surface area contributed by atoms with Gasteiger partial charge in [0, 0.05) is 6.54 Å². The highest BCUT2D eigenvalue weighted by Gasteiger charge is 2.16. The van der Waals surface area contributed by atoms with E-state index < -0.39 is 0 Å². The van der Waals surface area contributed by atoms with Crippen LogP contribution in [0.4, 0.5) is 0 Å². The van der Waals surface area contributed by atoms with Crippen molar-refractivity contribution in [1.82, 2.24) is 10.2 Å². The maximum absolute atomic E-state index is 11.7. The van der Waals surface area contributed by atoms with Gasteiger partial charge in [-0.1, -0.05) is 17.7 Å². The second-order valence-electron chi connectivity index (χ2n) is 5.99. The molecule has 0 aliphatic carbocycles. The summed E-state index contributed by atoms with van der Waals surface area (Å²) in [6.45, 7) is 5.23. The number of carbonyl (C=O) groups is 1. The molecular weight excluding hydrogens is 264 g/mol. The van der Waals surface area contributed by atoms with Crippen LogP contribution >= 0.6 is 0 Å². The third-order valence-electron chi connectivity index (χ3n) is 4.10. The molecule has 0 radical (unpaired) electrons. The number of aryl methyl sites for hydroxylation is 1. The summed E-state index contributed by atoms with van der Waals surface area (Å²) in [6, 6.07) is 7.74. The molecule has 21 heavy (non-hydrogen) atoms. The molecule has 1 amide bonds. The molecule has 116 valence electrons. The molecule has 1 saturated heterocycles. The molecule has 1 fully saturated rings. The maximum Gasteiger partial charge on any atom is 0.257 e. The summed E-state index contributed by atoms with van der Waals surface area (Å²) in [7, 11) is 2.17. The number of rotatable bonds is 6. The molecule has 0 aromatic heterocycles. The van der Waals surface area contributed by atoms with Gasteiger partial charge in [-0.05, 0) is 64.4 Å². The molecule has 1 heterocycles. The summed E-state index contributed by atoms with van der Waals surface area (Å²) in [4.78, 5) is 14.1. The van der Waals surface area contributed by atoms with Crippen LogP contribution in [0.3, 0.4) is 0 Å². The van der Waals surface area contributed by atoms with Crippen molar-refractivity contribution in [3.63, 3.8) is 0 Å². The van der Waals surface area contributed by atoms with E-state index in [-0.39, 0.29) is 12.5 Å². The van der Waals surface area contributed by atoms with Crippen LogP contribution in [0, 0.1) is 12.8 Å². The highest BCUT2D eigenvalue weighted by Crippen LogP contribution is 2.18. The van der Waals surface area contributed by atoms with Gasteiger partial charge in [-0.15, -0.1) is 0 Å². The van der Waals surface area contributed by atoms with E-state index >= 15 is 0 Å². The molecule has 2 rings (SSSR count). The zero-order valence-corrected chi connectivity index (χ0v) is 13.1. The third kappa shape index (κ3) is 5.76. The summed E-state index contributed by atoms with van der Waals surface area (Å²) in [5.74, 6) is 1.45. The quantitative estimate of drug-likeness (QED) is 0.873. The fourth-order valence-corrected chi connectivity index (χ4v) is 2.60. The zero-order valence-electron chi connectivity index (χ0n) is 13.1. The number of piperidine rings is 1. The fourth-order valence-electron chi connectivity index (χ4n) is 2.60. The van der Waals surface area contributed by atoms with Crippen molar-refractivity contribution in [2.24, 2.45) is 5.92 Å². The normalized spacial score (nSPS) is 16.7. The molecule has 1 aliphatic rings. The number of nitrogens with one attached hydrogen (secondary N) is 1. The van der Waals surface area contributed by atoms with Gasteiger partial charge in [-0.3, -0.25) is 4.79 Å². The number of ether oxygens (including phenoxy) is 1. The molecule has 1 N–H and O–H groups in total. The number of hydrogen-bond donors (Lipinski definition) is 1. The predicted molar refractivity (Wildman–Crippen MR) is 84.5 cm³/mol. The minimum absolute atomic E-state index is 0.0384. The van der Waals surface area contributed by atoms with Gasteiger partial charge in [0.15, 0.2) is 6.61 Å². The van der Waals surface area contributed by atoms with Crippen molar-refractivity contribution >= 4 is 5.91 Å². The van der Waals surface area contributed by atoms with Gasteiger partial charge in [0.1, 0.15) is 5.75 Å². The Morgan fingerprint density at radius 2 is 1.95 bits per heavy atom. The van der Waals surface area contributed by atoms with Crippen molar-refractivity contribution in [3.05, 3.63) is 29.8 Å². The Morgan fingerprint density at radius 1 is 1.29 bits per heavy atom. The van der Waals surface area contributed by atoms with Crippen molar-refractivity contribution in [2.75, 3.05) is 33.3 Å². The molecule has 4 heteroatoms. The number of likely N-dealkylation sites (tertiary alicyclic amines) is 1. The Morgan fingerprint density at radius 3 is 2.62 bits per heavy atom. The van der Waals surface area contributed by atoms with Crippen molar-refractivity contribution in [1.29, 1.82) is 0 Å². The van der Waals surface area contributed by atoms with Gasteiger partial charge in [0.05, 0.1) is 0 Å². The van der Waals surface area contributed by atoms with E-state index in [0.29, 0.717) is 0 Å². The summed E-state index contributed by atoms with van der Waals surface area (Å²) >= 11 is 0. The van der Waals surface area contributed by atoms with E-state index in [1.54, 1.807) is 0 Å². The lowest BCUT2D eigenvalue weighted by atomic mass is 9.94. The smallest absolute Gasteiger partial charge is 0.257 e. The van der Waals surface area contributed by atoms with Crippen molar-refractivity contribution in [3.8, 4) is 5.75 Å². The number of carbonyl (C=O) groups excluding carboxylic acids is 1. The van der Waals surface area contributed by atoms with Crippen LogP contribution < -0.4 is 10.1 Å². The van der Waals surface area contributed by atoms with Crippen LogP contribution in [0.25, 0.3) is 0 Å². The van der Waals surface area contributed by atoms with Gasteiger partial charge in [0.25, 0.3) is 5.91 Å². The molecule has 0 spiro atoms. The third-order valence-corrected chi connectivity index (χ3v) is 4.10. The minimum atomic E-state index is -0.0384. The molecule has 4 nitrogen and oxygen atoms in total. The van der Waals surface area contributed by atoms with Gasteiger partial charge in [-0.2, -0.15) is 0 Å². The van der Waals surface area contributed by atoms with Gasteiger partial charge in [-0.25, -0.2) is 0 Å². The Hall–Kier alpha value is -1.55. The zero-order chi connectivity index (χ0) is 15.1. The Kier molecular flexibility index (Phi) is 6.05. The topological polar surface area (TPSA) is 41.6 Å². The van der Waals surface area contributed by atoms with E-state index in [1.807, 2.05) is 31.2 Å². The first-order valence-electron chi connectivity index (χ1n) is 7.78. The first kappa shape index (κ1) is 15.8. The molecule has 0 unspecified atom stereocenters. The average Bonchev–Trinajstić information content (AvgIpc) is 2.49. The monoisotopic (exact) mass is 290 g/mol. The largest absolute Gasteiger partial charge is 0.484 e. The molecule has 1 aromatic carbocycles. The summed E-state index contributed by atoms with van der Waals surface area (Å²) in [5, 5.41) is 2.95. The van der Waals surface area contributed by atoms with Gasteiger partial charge < -0.3 is 15.0 Å². The number of hydrogen-bond acceptors (Lipinski definition) is 3. The van der Waals surface area contributed by atoms with Gasteiger partial charge >= 0.3 is 0 Å². The second kappa shape index (κ2) is 8.03. The van der Waals surface area contributed by atoms with E-state index in [1.165, 1.54) is 31.5 Å². The van der Waals surface area contributed by atoms with Crippen LogP contribution in [0.5, 0.6) is 5.75 Å². The van der Waals surface area contributed by atoms with Crippen LogP contribution in [0.1, 0.15) is 24.8 Å². The number of nitrogens with zero attached hydrogens (tertiary/aromatic N) is 1. The lowest BCUT2D eigenvalue weighted by Crippen LogP contribution is -2.34. The Bertz CT molecular complexity index is 437. The maximum atomic E-state index is 11.7. The first-order valence-corrected chi connectivity index (χ1v) is 7.78.